The van der Waals surface area contributed by atoms with Gasteiger partial charge in [-0.1, -0.05) is 19.8 Å². The molecule has 6 nitrogen and oxygen atoms in total. The summed E-state index contributed by atoms with van der Waals surface area (Å²) in [4.78, 5) is 28.6. The second kappa shape index (κ2) is 8.10. The van der Waals surface area contributed by atoms with Crippen LogP contribution in [0.4, 0.5) is 5.69 Å². The number of carbonyl (C=O) groups excluding carboxylic acids is 1. The highest BCUT2D eigenvalue weighted by atomic mass is 16.3. The van der Waals surface area contributed by atoms with E-state index < -0.39 is 0 Å². The molecule has 0 aromatic heterocycles. The Kier molecular flexibility index (Phi) is 5.63. The molecule has 1 heterocycles. The molecule has 26 heavy (non-hydrogen) atoms. The van der Waals surface area contributed by atoms with Crippen LogP contribution in [0.2, 0.25) is 0 Å². The van der Waals surface area contributed by atoms with Crippen molar-refractivity contribution in [3.63, 3.8) is 0 Å². The number of rotatable bonds is 7. The Labute approximate surface area is 151 Å². The molecule has 1 aliphatic heterocycles. The highest BCUT2D eigenvalue weighted by Crippen LogP contribution is 2.26. The van der Waals surface area contributed by atoms with Gasteiger partial charge < -0.3 is 15.5 Å². The molecule has 136 valence electrons. The van der Waals surface area contributed by atoms with Gasteiger partial charge >= 0.3 is 0 Å². The maximum atomic E-state index is 12.3. The lowest BCUT2D eigenvalue weighted by Crippen LogP contribution is -2.16. The molecule has 0 fully saturated rings. The Morgan fingerprint density at radius 2 is 2.08 bits per heavy atom. The van der Waals surface area contributed by atoms with Gasteiger partial charge in [-0.25, -0.2) is 4.98 Å². The van der Waals surface area contributed by atoms with E-state index in [2.05, 4.69) is 17.2 Å². The van der Waals surface area contributed by atoms with Crippen LogP contribution in [0, 0.1) is 0 Å². The van der Waals surface area contributed by atoms with Crippen LogP contribution in [0.1, 0.15) is 38.2 Å². The lowest BCUT2D eigenvalue weighted by molar-refractivity contribution is -0.116. The smallest absolute Gasteiger partial charge is 0.225 e. The summed E-state index contributed by atoms with van der Waals surface area (Å²) < 4.78 is 5.85. The number of benzene rings is 2. The van der Waals surface area contributed by atoms with E-state index in [0.29, 0.717) is 34.8 Å². The number of aryl methyl sites for hydroxylation is 1. The molecule has 2 aliphatic rings. The van der Waals surface area contributed by atoms with Gasteiger partial charge in [0, 0.05) is 36.3 Å². The van der Waals surface area contributed by atoms with Crippen LogP contribution in [0.15, 0.2) is 39.5 Å². The van der Waals surface area contributed by atoms with Crippen molar-refractivity contribution in [2.75, 3.05) is 11.9 Å². The van der Waals surface area contributed by atoms with Crippen molar-refractivity contribution in [3.8, 4) is 11.5 Å². The van der Waals surface area contributed by atoms with Crippen molar-refractivity contribution in [2.45, 2.75) is 39.0 Å². The van der Waals surface area contributed by atoms with Gasteiger partial charge in [-0.3, -0.25) is 9.59 Å². The predicted molar refractivity (Wildman–Crippen MR) is 102 cm³/mol. The third kappa shape index (κ3) is 4.08. The van der Waals surface area contributed by atoms with Crippen molar-refractivity contribution < 1.29 is 9.21 Å². The first-order valence-electron chi connectivity index (χ1n) is 8.98. The number of nitrogens with two attached hydrogens (primary N) is 1. The van der Waals surface area contributed by atoms with Crippen LogP contribution in [0.3, 0.4) is 0 Å². The molecule has 0 radical (unpaired) electrons. The predicted octanol–water partition coefficient (Wildman–Crippen LogP) is 3.31. The number of anilines is 1. The number of nitrogens with zero attached hydrogens (tertiary/aromatic N) is 1. The van der Waals surface area contributed by atoms with Crippen molar-refractivity contribution in [2.24, 2.45) is 5.73 Å². The standard InChI is InChI=1S/C20H23N3O3/c1-2-3-4-5-13-10-16-19(12-17(13)24)26-18-11-14(6-7-15(18)23-16)22-20(25)8-9-21/h6-7,10-12H,2-5,8-9,21H2,1H3,(H,22,25). The van der Waals surface area contributed by atoms with Gasteiger partial charge in [0.1, 0.15) is 11.2 Å². The van der Waals surface area contributed by atoms with E-state index in [0.717, 1.165) is 31.2 Å². The quantitative estimate of drug-likeness (QED) is 0.501. The van der Waals surface area contributed by atoms with Gasteiger partial charge in [0.2, 0.25) is 5.91 Å². The zero-order valence-electron chi connectivity index (χ0n) is 14.9. The zero-order chi connectivity index (χ0) is 18.5. The molecule has 0 saturated carbocycles. The summed E-state index contributed by atoms with van der Waals surface area (Å²) in [7, 11) is 0. The van der Waals surface area contributed by atoms with E-state index >= 15 is 0 Å². The number of nitrogens with one attached hydrogen (secondary N) is 1. The monoisotopic (exact) mass is 353 g/mol. The van der Waals surface area contributed by atoms with Crippen LogP contribution < -0.4 is 16.5 Å². The molecule has 0 saturated heterocycles. The molecule has 0 bridgehead atoms. The number of amides is 1. The Morgan fingerprint density at radius 1 is 1.23 bits per heavy atom. The Balaban J connectivity index is 1.94. The molecule has 1 aliphatic carbocycles. The van der Waals surface area contributed by atoms with Crippen molar-refractivity contribution in [1.82, 2.24) is 4.98 Å². The summed E-state index contributed by atoms with van der Waals surface area (Å²) in [6.45, 7) is 2.43. The van der Waals surface area contributed by atoms with Crippen molar-refractivity contribution in [1.29, 1.82) is 0 Å². The van der Waals surface area contributed by atoms with Gasteiger partial charge in [-0.15, -0.1) is 0 Å². The SMILES string of the molecule is CCCCCc1cc2nc3ccc(NC(=O)CCN)cc3oc-2cc1=O. The first-order chi connectivity index (χ1) is 12.6. The minimum Gasteiger partial charge on any atom is -0.453 e. The second-order valence-electron chi connectivity index (χ2n) is 6.37. The lowest BCUT2D eigenvalue weighted by atomic mass is 10.0. The number of carbonyl (C=O) groups is 1. The van der Waals surface area contributed by atoms with Gasteiger partial charge in [-0.2, -0.15) is 0 Å². The summed E-state index contributed by atoms with van der Waals surface area (Å²) in [6.07, 6.45) is 4.23. The molecule has 6 heteroatoms. The number of aromatic nitrogens is 1. The van der Waals surface area contributed by atoms with Crippen LogP contribution >= 0.6 is 0 Å². The van der Waals surface area contributed by atoms with Crippen LogP contribution in [-0.4, -0.2) is 17.4 Å². The summed E-state index contributed by atoms with van der Waals surface area (Å²) in [5.41, 5.74) is 8.60. The molecule has 1 aromatic carbocycles. The Hall–Kier alpha value is -2.73. The lowest BCUT2D eigenvalue weighted by Gasteiger charge is -2.10. The maximum Gasteiger partial charge on any atom is 0.225 e. The maximum absolute atomic E-state index is 12.3. The first-order valence-corrected chi connectivity index (χ1v) is 8.98. The van der Waals surface area contributed by atoms with E-state index in [-0.39, 0.29) is 17.8 Å². The summed E-state index contributed by atoms with van der Waals surface area (Å²) in [5, 5.41) is 2.76. The van der Waals surface area contributed by atoms with Crippen LogP contribution in [-0.2, 0) is 11.2 Å². The summed E-state index contributed by atoms with van der Waals surface area (Å²) >= 11 is 0. The van der Waals surface area contributed by atoms with E-state index in [9.17, 15) is 9.59 Å². The highest BCUT2D eigenvalue weighted by molar-refractivity contribution is 5.93. The molecule has 0 atom stereocenters. The minimum absolute atomic E-state index is 0.0223. The molecule has 1 amide bonds. The molecule has 0 spiro atoms. The average molecular weight is 353 g/mol. The van der Waals surface area contributed by atoms with E-state index in [1.54, 1.807) is 18.2 Å². The molecule has 3 rings (SSSR count). The third-order valence-corrected chi connectivity index (χ3v) is 4.27. The van der Waals surface area contributed by atoms with E-state index in [1.807, 2.05) is 6.07 Å². The van der Waals surface area contributed by atoms with E-state index in [1.165, 1.54) is 6.07 Å². The van der Waals surface area contributed by atoms with Gasteiger partial charge in [0.25, 0.3) is 0 Å². The number of unbranched alkanes of at least 4 members (excludes halogenated alkanes) is 2. The Morgan fingerprint density at radius 3 is 2.85 bits per heavy atom. The highest BCUT2D eigenvalue weighted by Gasteiger charge is 2.13. The molecular weight excluding hydrogens is 330 g/mol. The van der Waals surface area contributed by atoms with E-state index in [4.69, 9.17) is 10.2 Å². The van der Waals surface area contributed by atoms with Gasteiger partial charge in [0.15, 0.2) is 16.8 Å². The molecular formula is C20H23N3O3. The summed E-state index contributed by atoms with van der Waals surface area (Å²) in [6, 6.07) is 8.60. The fourth-order valence-corrected chi connectivity index (χ4v) is 2.89. The van der Waals surface area contributed by atoms with Crippen molar-refractivity contribution >= 4 is 22.7 Å². The summed E-state index contributed by atoms with van der Waals surface area (Å²) in [5.74, 6) is 0.298. The number of hydrogen-bond donors (Lipinski definition) is 2. The zero-order valence-corrected chi connectivity index (χ0v) is 14.9. The molecule has 3 N–H and O–H groups in total. The van der Waals surface area contributed by atoms with Gasteiger partial charge in [-0.05, 0) is 31.0 Å². The van der Waals surface area contributed by atoms with Crippen LogP contribution in [0.5, 0.6) is 0 Å². The third-order valence-electron chi connectivity index (χ3n) is 4.27. The Bertz CT molecular complexity index is 949. The largest absolute Gasteiger partial charge is 0.453 e. The number of hydrogen-bond acceptors (Lipinski definition) is 5. The topological polar surface area (TPSA) is 98.2 Å². The molecule has 0 unspecified atom stereocenters. The minimum atomic E-state index is -0.154. The first kappa shape index (κ1) is 18.1. The van der Waals surface area contributed by atoms with Gasteiger partial charge in [0.05, 0.1) is 0 Å². The average Bonchev–Trinajstić information content (AvgIpc) is 2.61. The second-order valence-corrected chi connectivity index (χ2v) is 6.37. The van der Waals surface area contributed by atoms with Crippen LogP contribution in [0.25, 0.3) is 22.6 Å². The normalized spacial score (nSPS) is 11.2. The van der Waals surface area contributed by atoms with Crippen molar-refractivity contribution in [3.05, 3.63) is 46.1 Å². The fraction of sp³-hybridized carbons (Fsp3) is 0.350. The number of fused-ring (bicyclic) bond motifs is 2. The molecule has 1 aromatic rings. The fourth-order valence-electron chi connectivity index (χ4n) is 2.89.